The number of rotatable bonds is 19. The van der Waals surface area contributed by atoms with E-state index in [-0.39, 0.29) is 19.1 Å². The van der Waals surface area contributed by atoms with E-state index >= 15 is 0 Å². The van der Waals surface area contributed by atoms with Crippen LogP contribution in [0.5, 0.6) is 0 Å². The summed E-state index contributed by atoms with van der Waals surface area (Å²) in [4.78, 5) is 21.6. The minimum Gasteiger partial charge on any atom is -0.396 e. The zero-order chi connectivity index (χ0) is 21.5. The van der Waals surface area contributed by atoms with E-state index in [0.717, 1.165) is 19.3 Å². The summed E-state index contributed by atoms with van der Waals surface area (Å²) in [6.07, 6.45) is 20.5. The van der Waals surface area contributed by atoms with E-state index in [1.54, 1.807) is 0 Å². The molecule has 0 aliphatic heterocycles. The summed E-state index contributed by atoms with van der Waals surface area (Å²) in [5.41, 5.74) is 0. The summed E-state index contributed by atoms with van der Waals surface area (Å²) in [6, 6.07) is 0. The lowest BCUT2D eigenvalue weighted by atomic mass is 10.0. The Morgan fingerprint density at radius 3 is 1.00 bits per heavy atom. The summed E-state index contributed by atoms with van der Waals surface area (Å²) in [5, 5.41) is 26.7. The Labute approximate surface area is 171 Å². The van der Waals surface area contributed by atoms with Gasteiger partial charge in [0.1, 0.15) is 0 Å². The molecule has 0 spiro atoms. The van der Waals surface area contributed by atoms with Crippen LogP contribution in [-0.2, 0) is 4.57 Å². The van der Waals surface area contributed by atoms with Gasteiger partial charge in [-0.1, -0.05) is 89.9 Å². The maximum absolute atomic E-state index is 8.98. The Balaban J connectivity index is 0. The van der Waals surface area contributed by atoms with Crippen molar-refractivity contribution in [2.75, 3.05) is 19.8 Å². The number of aliphatic hydroxyl groups excluding tert-OH is 3. The second-order valence-corrected chi connectivity index (χ2v) is 8.59. The van der Waals surface area contributed by atoms with Crippen molar-refractivity contribution in [1.82, 2.24) is 0 Å². The molecule has 0 unspecified atom stereocenters. The zero-order valence-corrected chi connectivity index (χ0v) is 18.4. The van der Waals surface area contributed by atoms with Crippen LogP contribution in [0.25, 0.3) is 0 Å². The van der Waals surface area contributed by atoms with Crippen LogP contribution in [0.4, 0.5) is 0 Å². The molecule has 28 heavy (non-hydrogen) atoms. The molecule has 0 saturated carbocycles. The first kappa shape index (κ1) is 30.2. The maximum Gasteiger partial charge on any atom is 0.466 e. The molecule has 0 aromatic carbocycles. The van der Waals surface area contributed by atoms with E-state index in [1.165, 1.54) is 83.5 Å². The first-order chi connectivity index (χ1) is 13.3. The molecular formula is C20H45O7P. The standard InChI is InChI=1S/C20H42O3.H3O4P/c21-17-15-13-11-9-7-5-3-1-2-4-6-8-10-12-14-16-20(18-22)19-23;1-5(2,3)4/h20-23H,1-19H2;(H3,1,2,3,4). The highest BCUT2D eigenvalue weighted by molar-refractivity contribution is 7.45. The maximum atomic E-state index is 8.98. The van der Waals surface area contributed by atoms with Gasteiger partial charge < -0.3 is 30.0 Å². The van der Waals surface area contributed by atoms with Crippen LogP contribution < -0.4 is 0 Å². The Morgan fingerprint density at radius 2 is 0.750 bits per heavy atom. The van der Waals surface area contributed by atoms with Crippen LogP contribution in [0.1, 0.15) is 103 Å². The van der Waals surface area contributed by atoms with Gasteiger partial charge in [0.05, 0.1) is 0 Å². The predicted octanol–water partition coefficient (Wildman–Crippen LogP) is 3.89. The van der Waals surface area contributed by atoms with Crippen molar-refractivity contribution in [1.29, 1.82) is 0 Å². The molecule has 0 heterocycles. The van der Waals surface area contributed by atoms with Crippen LogP contribution in [0.2, 0.25) is 0 Å². The Hall–Kier alpha value is -0.0100. The summed E-state index contributed by atoms with van der Waals surface area (Å²) < 4.78 is 8.88. The lowest BCUT2D eigenvalue weighted by molar-refractivity contribution is 0.141. The van der Waals surface area contributed by atoms with Crippen molar-refractivity contribution in [3.05, 3.63) is 0 Å². The molecule has 6 N–H and O–H groups in total. The quantitative estimate of drug-likeness (QED) is 0.135. The summed E-state index contributed by atoms with van der Waals surface area (Å²) in [5.74, 6) is 0.102. The first-order valence-corrected chi connectivity index (χ1v) is 12.5. The molecule has 8 heteroatoms. The Kier molecular flexibility index (Phi) is 25.1. The van der Waals surface area contributed by atoms with Crippen molar-refractivity contribution in [2.24, 2.45) is 5.92 Å². The molecule has 0 fully saturated rings. The van der Waals surface area contributed by atoms with E-state index in [2.05, 4.69) is 0 Å². The second-order valence-electron chi connectivity index (χ2n) is 7.56. The Bertz CT molecular complexity index is 324. The van der Waals surface area contributed by atoms with Gasteiger partial charge in [-0.2, -0.15) is 0 Å². The number of aliphatic hydroxyl groups is 3. The van der Waals surface area contributed by atoms with Crippen LogP contribution in [0, 0.1) is 5.92 Å². The highest BCUT2D eigenvalue weighted by Gasteiger charge is 2.04. The molecular weight excluding hydrogens is 383 g/mol. The van der Waals surface area contributed by atoms with Crippen LogP contribution in [0.3, 0.4) is 0 Å². The molecule has 0 amide bonds. The molecule has 0 aliphatic carbocycles. The minimum absolute atomic E-state index is 0.102. The second kappa shape index (κ2) is 23.3. The molecule has 0 aliphatic rings. The number of hydrogen-bond donors (Lipinski definition) is 6. The smallest absolute Gasteiger partial charge is 0.396 e. The highest BCUT2D eigenvalue weighted by Crippen LogP contribution is 2.25. The third kappa shape index (κ3) is 33.6. The van der Waals surface area contributed by atoms with Crippen molar-refractivity contribution >= 4 is 7.82 Å². The lowest BCUT2D eigenvalue weighted by Crippen LogP contribution is -2.10. The lowest BCUT2D eigenvalue weighted by Gasteiger charge is -2.09. The fourth-order valence-electron chi connectivity index (χ4n) is 3.08. The van der Waals surface area contributed by atoms with Crippen molar-refractivity contribution < 1.29 is 34.6 Å². The average Bonchev–Trinajstić information content (AvgIpc) is 2.63. The van der Waals surface area contributed by atoms with E-state index in [0.29, 0.717) is 6.61 Å². The average molecular weight is 429 g/mol. The molecule has 0 rings (SSSR count). The minimum atomic E-state index is -4.64. The molecule has 0 aromatic heterocycles. The molecule has 0 radical (unpaired) electrons. The number of hydrogen-bond acceptors (Lipinski definition) is 4. The van der Waals surface area contributed by atoms with Gasteiger partial charge in [0.2, 0.25) is 0 Å². The molecule has 0 aromatic rings. The first-order valence-electron chi connectivity index (χ1n) is 11.0. The largest absolute Gasteiger partial charge is 0.466 e. The van der Waals surface area contributed by atoms with Gasteiger partial charge in [-0.05, 0) is 12.8 Å². The molecule has 7 nitrogen and oxygen atoms in total. The number of phosphoric acid groups is 1. The van der Waals surface area contributed by atoms with Gasteiger partial charge in [-0.25, -0.2) is 4.57 Å². The number of unbranched alkanes of at least 4 members (excludes halogenated alkanes) is 14. The van der Waals surface area contributed by atoms with Gasteiger partial charge in [-0.15, -0.1) is 0 Å². The van der Waals surface area contributed by atoms with Gasteiger partial charge in [0, 0.05) is 25.7 Å². The third-order valence-corrected chi connectivity index (χ3v) is 4.79. The van der Waals surface area contributed by atoms with Crippen LogP contribution >= 0.6 is 7.82 Å². The van der Waals surface area contributed by atoms with E-state index < -0.39 is 7.82 Å². The van der Waals surface area contributed by atoms with Crippen LogP contribution in [0.15, 0.2) is 0 Å². The van der Waals surface area contributed by atoms with E-state index in [9.17, 15) is 0 Å². The van der Waals surface area contributed by atoms with Crippen molar-refractivity contribution in [2.45, 2.75) is 103 Å². The normalized spacial score (nSPS) is 11.5. The topological polar surface area (TPSA) is 138 Å². The fraction of sp³-hybridized carbons (Fsp3) is 1.00. The summed E-state index contributed by atoms with van der Waals surface area (Å²) in [6.45, 7) is 0.601. The monoisotopic (exact) mass is 428 g/mol. The highest BCUT2D eigenvalue weighted by atomic mass is 31.2. The van der Waals surface area contributed by atoms with Gasteiger partial charge in [0.15, 0.2) is 0 Å². The molecule has 0 saturated heterocycles. The molecule has 172 valence electrons. The van der Waals surface area contributed by atoms with Gasteiger partial charge >= 0.3 is 7.82 Å². The van der Waals surface area contributed by atoms with E-state index in [1.807, 2.05) is 0 Å². The fourth-order valence-corrected chi connectivity index (χ4v) is 3.08. The van der Waals surface area contributed by atoms with Gasteiger partial charge in [0.25, 0.3) is 0 Å². The van der Waals surface area contributed by atoms with Gasteiger partial charge in [-0.3, -0.25) is 0 Å². The van der Waals surface area contributed by atoms with E-state index in [4.69, 9.17) is 34.6 Å². The third-order valence-electron chi connectivity index (χ3n) is 4.79. The van der Waals surface area contributed by atoms with Crippen molar-refractivity contribution in [3.8, 4) is 0 Å². The zero-order valence-electron chi connectivity index (χ0n) is 17.6. The SMILES string of the molecule is O=P(O)(O)O.OCCCCCCCCCCCCCCCCCC(CO)CO. The predicted molar refractivity (Wildman–Crippen MR) is 113 cm³/mol. The molecule has 0 bridgehead atoms. The summed E-state index contributed by atoms with van der Waals surface area (Å²) >= 11 is 0. The summed E-state index contributed by atoms with van der Waals surface area (Å²) in [7, 11) is -4.64. The van der Waals surface area contributed by atoms with Crippen LogP contribution in [-0.4, -0.2) is 49.8 Å². The molecule has 0 atom stereocenters. The Morgan fingerprint density at radius 1 is 0.500 bits per heavy atom. The van der Waals surface area contributed by atoms with Crippen molar-refractivity contribution in [3.63, 3.8) is 0 Å².